The van der Waals surface area contributed by atoms with Gasteiger partial charge >= 0.3 is 5.97 Å². The van der Waals surface area contributed by atoms with Crippen molar-refractivity contribution < 1.29 is 14.7 Å². The van der Waals surface area contributed by atoms with Crippen molar-refractivity contribution in [2.24, 2.45) is 11.3 Å². The second kappa shape index (κ2) is 6.03. The summed E-state index contributed by atoms with van der Waals surface area (Å²) in [5, 5.41) is 11.4. The van der Waals surface area contributed by atoms with E-state index in [0.717, 1.165) is 38.6 Å². The van der Waals surface area contributed by atoms with Crippen LogP contribution in [-0.4, -0.2) is 23.5 Å². The molecule has 0 spiro atoms. The predicted octanol–water partition coefficient (Wildman–Crippen LogP) is 2.18. The average Bonchev–Trinajstić information content (AvgIpc) is 2.86. The summed E-state index contributed by atoms with van der Waals surface area (Å²) in [5.41, 5.74) is 0.200. The summed E-state index contributed by atoms with van der Waals surface area (Å²) in [6.45, 7) is 4.95. The third kappa shape index (κ3) is 5.20. The van der Waals surface area contributed by atoms with Gasteiger partial charge in [-0.15, -0.1) is 0 Å². The summed E-state index contributed by atoms with van der Waals surface area (Å²) < 4.78 is 0. The van der Waals surface area contributed by atoms with Crippen molar-refractivity contribution in [3.63, 3.8) is 0 Å². The van der Waals surface area contributed by atoms with Gasteiger partial charge in [0.05, 0.1) is 0 Å². The van der Waals surface area contributed by atoms with Gasteiger partial charge in [0.2, 0.25) is 5.91 Å². The predicted molar refractivity (Wildman–Crippen MR) is 65.6 cm³/mol. The van der Waals surface area contributed by atoms with Crippen LogP contribution >= 0.6 is 0 Å². The smallest absolute Gasteiger partial charge is 0.303 e. The molecule has 1 saturated carbocycles. The molecule has 1 rings (SSSR count). The van der Waals surface area contributed by atoms with Gasteiger partial charge in [0, 0.05) is 18.9 Å². The fourth-order valence-electron chi connectivity index (χ4n) is 2.00. The molecule has 0 radical (unpaired) electrons. The van der Waals surface area contributed by atoms with E-state index in [-0.39, 0.29) is 23.7 Å². The van der Waals surface area contributed by atoms with Gasteiger partial charge in [0.15, 0.2) is 0 Å². The largest absolute Gasteiger partial charge is 0.481 e. The van der Waals surface area contributed by atoms with Gasteiger partial charge in [-0.2, -0.15) is 0 Å². The highest BCUT2D eigenvalue weighted by molar-refractivity contribution is 5.82. The highest BCUT2D eigenvalue weighted by atomic mass is 16.4. The lowest BCUT2D eigenvalue weighted by Crippen LogP contribution is -2.27. The number of carbonyl (C=O) groups is 2. The lowest BCUT2D eigenvalue weighted by atomic mass is 10.1. The summed E-state index contributed by atoms with van der Waals surface area (Å²) in [5.74, 6) is -0.343. The molecule has 2 N–H and O–H groups in total. The van der Waals surface area contributed by atoms with Crippen molar-refractivity contribution in [1.82, 2.24) is 5.32 Å². The van der Waals surface area contributed by atoms with Gasteiger partial charge in [-0.25, -0.2) is 0 Å². The van der Waals surface area contributed by atoms with Gasteiger partial charge in [-0.3, -0.25) is 9.59 Å². The number of carbonyl (C=O) groups excluding carboxylic acids is 1. The zero-order chi connectivity index (χ0) is 12.9. The third-order valence-electron chi connectivity index (χ3n) is 3.45. The van der Waals surface area contributed by atoms with Gasteiger partial charge in [0.1, 0.15) is 0 Å². The second-order valence-corrected chi connectivity index (χ2v) is 5.59. The van der Waals surface area contributed by atoms with Gasteiger partial charge in [0.25, 0.3) is 0 Å². The summed E-state index contributed by atoms with van der Waals surface area (Å²) in [6.07, 6.45) is 4.84. The fraction of sp³-hybridized carbons (Fsp3) is 0.846. The number of unbranched alkanes of at least 4 members (excludes halogenated alkanes) is 3. The minimum atomic E-state index is -0.728. The molecule has 0 aromatic heterocycles. The Morgan fingerprint density at radius 2 is 1.82 bits per heavy atom. The van der Waals surface area contributed by atoms with E-state index >= 15 is 0 Å². The molecule has 1 aliphatic carbocycles. The first-order valence-corrected chi connectivity index (χ1v) is 6.43. The minimum absolute atomic E-state index is 0.181. The lowest BCUT2D eigenvalue weighted by Gasteiger charge is -2.06. The number of hydrogen-bond acceptors (Lipinski definition) is 2. The molecular weight excluding hydrogens is 218 g/mol. The zero-order valence-corrected chi connectivity index (χ0v) is 10.8. The van der Waals surface area contributed by atoms with Crippen molar-refractivity contribution >= 4 is 11.9 Å². The molecule has 1 aliphatic rings. The minimum Gasteiger partial charge on any atom is -0.481 e. The Morgan fingerprint density at radius 1 is 1.24 bits per heavy atom. The highest BCUT2D eigenvalue weighted by Gasteiger charge is 2.50. The Morgan fingerprint density at radius 3 is 2.35 bits per heavy atom. The number of aliphatic carboxylic acids is 1. The van der Waals surface area contributed by atoms with Crippen molar-refractivity contribution in [3.05, 3.63) is 0 Å². The molecule has 17 heavy (non-hydrogen) atoms. The molecule has 0 aliphatic heterocycles. The Kier molecular flexibility index (Phi) is 4.97. The molecule has 0 aromatic rings. The number of carboxylic acids is 1. The maximum absolute atomic E-state index is 11.6. The average molecular weight is 241 g/mol. The molecule has 98 valence electrons. The van der Waals surface area contributed by atoms with E-state index < -0.39 is 5.97 Å². The highest BCUT2D eigenvalue weighted by Crippen LogP contribution is 2.51. The van der Waals surface area contributed by atoms with Gasteiger partial charge < -0.3 is 10.4 Å². The van der Waals surface area contributed by atoms with E-state index in [4.69, 9.17) is 5.11 Å². The first-order valence-electron chi connectivity index (χ1n) is 6.43. The molecule has 4 nitrogen and oxygen atoms in total. The molecule has 1 unspecified atom stereocenters. The van der Waals surface area contributed by atoms with E-state index in [0.29, 0.717) is 0 Å². The van der Waals surface area contributed by atoms with E-state index in [1.165, 1.54) is 0 Å². The Bertz CT molecular complexity index is 286. The maximum Gasteiger partial charge on any atom is 0.303 e. The molecule has 1 fully saturated rings. The third-order valence-corrected chi connectivity index (χ3v) is 3.45. The molecule has 0 aromatic carbocycles. The van der Waals surface area contributed by atoms with Gasteiger partial charge in [-0.05, 0) is 24.7 Å². The summed E-state index contributed by atoms with van der Waals surface area (Å²) >= 11 is 0. The standard InChI is InChI=1S/C13H23NO3/c1-13(2)9-10(13)12(17)14-8-6-4-3-5-7-11(15)16/h10H,3-9H2,1-2H3,(H,14,17)(H,15,16). The second-order valence-electron chi connectivity index (χ2n) is 5.59. The fourth-order valence-corrected chi connectivity index (χ4v) is 2.00. The molecule has 1 atom stereocenters. The monoisotopic (exact) mass is 241 g/mol. The number of hydrogen-bond donors (Lipinski definition) is 2. The van der Waals surface area contributed by atoms with Crippen LogP contribution in [0.25, 0.3) is 0 Å². The maximum atomic E-state index is 11.6. The SMILES string of the molecule is CC1(C)CC1C(=O)NCCCCCCC(=O)O. The van der Waals surface area contributed by atoms with E-state index in [2.05, 4.69) is 19.2 Å². The van der Waals surface area contributed by atoms with E-state index in [1.54, 1.807) is 0 Å². The Labute approximate surface area is 103 Å². The van der Waals surface area contributed by atoms with Crippen LogP contribution in [0, 0.1) is 11.3 Å². The molecule has 1 amide bonds. The molecule has 0 saturated heterocycles. The number of carboxylic acid groups (broad SMARTS) is 1. The van der Waals surface area contributed by atoms with E-state index in [9.17, 15) is 9.59 Å². The summed E-state index contributed by atoms with van der Waals surface area (Å²) in [6, 6.07) is 0. The first-order chi connectivity index (χ1) is 7.93. The summed E-state index contributed by atoms with van der Waals surface area (Å²) in [4.78, 5) is 21.9. The van der Waals surface area contributed by atoms with Crippen LogP contribution in [0.15, 0.2) is 0 Å². The molecule has 4 heteroatoms. The van der Waals surface area contributed by atoms with Crippen molar-refractivity contribution in [3.8, 4) is 0 Å². The Balaban J connectivity index is 1.91. The number of nitrogens with one attached hydrogen (secondary N) is 1. The first kappa shape index (κ1) is 14.0. The van der Waals surface area contributed by atoms with Crippen LogP contribution in [-0.2, 0) is 9.59 Å². The van der Waals surface area contributed by atoms with Crippen molar-refractivity contribution in [2.45, 2.75) is 52.4 Å². The normalized spacial score (nSPS) is 20.9. The number of rotatable bonds is 8. The molecule has 0 heterocycles. The van der Waals surface area contributed by atoms with E-state index in [1.807, 2.05) is 0 Å². The number of amides is 1. The lowest BCUT2D eigenvalue weighted by molar-refractivity contribution is -0.137. The van der Waals surface area contributed by atoms with Crippen LogP contribution in [0.4, 0.5) is 0 Å². The Hall–Kier alpha value is -1.06. The topological polar surface area (TPSA) is 66.4 Å². The zero-order valence-electron chi connectivity index (χ0n) is 10.8. The van der Waals surface area contributed by atoms with Crippen LogP contribution in [0.1, 0.15) is 52.4 Å². The van der Waals surface area contributed by atoms with Gasteiger partial charge in [-0.1, -0.05) is 26.7 Å². The van der Waals surface area contributed by atoms with Crippen LogP contribution in [0.5, 0.6) is 0 Å². The summed E-state index contributed by atoms with van der Waals surface area (Å²) in [7, 11) is 0. The van der Waals surface area contributed by atoms with Crippen LogP contribution in [0.2, 0.25) is 0 Å². The quantitative estimate of drug-likeness (QED) is 0.640. The van der Waals surface area contributed by atoms with Crippen molar-refractivity contribution in [1.29, 1.82) is 0 Å². The van der Waals surface area contributed by atoms with Crippen molar-refractivity contribution in [2.75, 3.05) is 6.54 Å². The van der Waals surface area contributed by atoms with Crippen LogP contribution < -0.4 is 5.32 Å². The molecular formula is C13H23NO3. The van der Waals surface area contributed by atoms with Crippen LogP contribution in [0.3, 0.4) is 0 Å². The molecule has 0 bridgehead atoms.